The minimum Gasteiger partial charge on any atom is -0.486 e. The fourth-order valence-corrected chi connectivity index (χ4v) is 3.93. The van der Waals surface area contributed by atoms with E-state index in [9.17, 15) is 4.79 Å². The Labute approximate surface area is 162 Å². The summed E-state index contributed by atoms with van der Waals surface area (Å²) in [5, 5.41) is 3.77. The van der Waals surface area contributed by atoms with Crippen LogP contribution in [0.15, 0.2) is 29.6 Å². The molecule has 0 bridgehead atoms. The molecule has 1 aromatic carbocycles. The minimum atomic E-state index is 0.322. The zero-order chi connectivity index (χ0) is 17.9. The average molecular weight is 392 g/mol. The lowest BCUT2D eigenvalue weighted by atomic mass is 10.2. The van der Waals surface area contributed by atoms with E-state index in [1.807, 2.05) is 29.2 Å². The molecular formula is C19H22ClN3O2S. The molecule has 1 aliphatic carbocycles. The first-order chi connectivity index (χ1) is 12.7. The van der Waals surface area contributed by atoms with Gasteiger partial charge in [-0.05, 0) is 37.1 Å². The van der Waals surface area contributed by atoms with Gasteiger partial charge in [0.25, 0.3) is 0 Å². The van der Waals surface area contributed by atoms with Crippen LogP contribution in [0.25, 0.3) is 0 Å². The SMILES string of the molecule is O=C(C1CC1)N1CCN(Cc2csc(COc3ccc(Cl)cc3)n2)CC1. The number of hydrogen-bond donors (Lipinski definition) is 0. The number of rotatable bonds is 6. The van der Waals surface area contributed by atoms with Gasteiger partial charge in [0, 0.05) is 49.0 Å². The zero-order valence-electron chi connectivity index (χ0n) is 14.6. The Morgan fingerprint density at radius 3 is 2.62 bits per heavy atom. The Hall–Kier alpha value is -1.63. The van der Waals surface area contributed by atoms with Crippen LogP contribution in [-0.4, -0.2) is 46.9 Å². The second kappa shape index (κ2) is 7.94. The molecule has 4 rings (SSSR count). The number of carbonyl (C=O) groups is 1. The van der Waals surface area contributed by atoms with Gasteiger partial charge in [-0.2, -0.15) is 0 Å². The van der Waals surface area contributed by atoms with Crippen molar-refractivity contribution in [2.45, 2.75) is 26.0 Å². The summed E-state index contributed by atoms with van der Waals surface area (Å²) >= 11 is 7.50. The fourth-order valence-electron chi connectivity index (χ4n) is 3.11. The number of piperazine rings is 1. The van der Waals surface area contributed by atoms with E-state index in [0.717, 1.165) is 62.0 Å². The lowest BCUT2D eigenvalue weighted by Gasteiger charge is -2.34. The van der Waals surface area contributed by atoms with E-state index < -0.39 is 0 Å². The Morgan fingerprint density at radius 1 is 1.19 bits per heavy atom. The Morgan fingerprint density at radius 2 is 1.92 bits per heavy atom. The molecule has 138 valence electrons. The summed E-state index contributed by atoms with van der Waals surface area (Å²) in [6.07, 6.45) is 2.16. The zero-order valence-corrected chi connectivity index (χ0v) is 16.1. The van der Waals surface area contributed by atoms with Gasteiger partial charge in [-0.3, -0.25) is 9.69 Å². The summed E-state index contributed by atoms with van der Waals surface area (Å²) in [6, 6.07) is 7.36. The molecule has 0 unspecified atom stereocenters. The summed E-state index contributed by atoms with van der Waals surface area (Å²) in [5.41, 5.74) is 1.08. The number of amides is 1. The van der Waals surface area contributed by atoms with Gasteiger partial charge < -0.3 is 9.64 Å². The van der Waals surface area contributed by atoms with Crippen LogP contribution in [0, 0.1) is 5.92 Å². The lowest BCUT2D eigenvalue weighted by Crippen LogP contribution is -2.48. The summed E-state index contributed by atoms with van der Waals surface area (Å²) in [5.74, 6) is 1.48. The van der Waals surface area contributed by atoms with E-state index in [2.05, 4.69) is 15.3 Å². The molecule has 26 heavy (non-hydrogen) atoms. The van der Waals surface area contributed by atoms with Gasteiger partial charge in [0.05, 0.1) is 5.69 Å². The maximum Gasteiger partial charge on any atom is 0.225 e. The van der Waals surface area contributed by atoms with Crippen molar-refractivity contribution in [3.8, 4) is 5.75 Å². The molecule has 2 aliphatic rings. The van der Waals surface area contributed by atoms with Crippen molar-refractivity contribution < 1.29 is 9.53 Å². The molecule has 0 N–H and O–H groups in total. The van der Waals surface area contributed by atoms with Crippen LogP contribution in [0.2, 0.25) is 5.02 Å². The number of benzene rings is 1. The molecule has 1 aliphatic heterocycles. The minimum absolute atomic E-state index is 0.322. The standard InChI is InChI=1S/C19H22ClN3O2S/c20-15-3-5-17(6-4-15)25-12-18-21-16(13-26-18)11-22-7-9-23(10-8-22)19(24)14-1-2-14/h3-6,13-14H,1-2,7-12H2. The summed E-state index contributed by atoms with van der Waals surface area (Å²) < 4.78 is 5.75. The number of thiazole rings is 1. The average Bonchev–Trinajstić information content (AvgIpc) is 3.42. The van der Waals surface area contributed by atoms with Crippen LogP contribution >= 0.6 is 22.9 Å². The van der Waals surface area contributed by atoms with Gasteiger partial charge in [-0.15, -0.1) is 11.3 Å². The third-order valence-electron chi connectivity index (χ3n) is 4.77. The van der Waals surface area contributed by atoms with Crippen LogP contribution in [-0.2, 0) is 17.9 Å². The van der Waals surface area contributed by atoms with Crippen molar-refractivity contribution in [2.24, 2.45) is 5.92 Å². The van der Waals surface area contributed by atoms with Crippen LogP contribution < -0.4 is 4.74 Å². The molecule has 0 radical (unpaired) electrons. The Bertz CT molecular complexity index is 752. The molecular weight excluding hydrogens is 370 g/mol. The fraction of sp³-hybridized carbons (Fsp3) is 0.474. The second-order valence-electron chi connectivity index (χ2n) is 6.85. The van der Waals surface area contributed by atoms with Crippen LogP contribution in [0.3, 0.4) is 0 Å². The molecule has 1 aromatic heterocycles. The Balaban J connectivity index is 1.23. The lowest BCUT2D eigenvalue weighted by molar-refractivity contribution is -0.134. The highest BCUT2D eigenvalue weighted by molar-refractivity contribution is 7.09. The quantitative estimate of drug-likeness (QED) is 0.756. The molecule has 0 spiro atoms. The predicted molar refractivity (Wildman–Crippen MR) is 102 cm³/mol. The molecule has 2 fully saturated rings. The first kappa shape index (κ1) is 17.8. The largest absolute Gasteiger partial charge is 0.486 e. The molecule has 2 aromatic rings. The van der Waals surface area contributed by atoms with Crippen LogP contribution in [0.5, 0.6) is 5.75 Å². The van der Waals surface area contributed by atoms with Crippen molar-refractivity contribution in [3.05, 3.63) is 45.4 Å². The maximum absolute atomic E-state index is 12.1. The van der Waals surface area contributed by atoms with Crippen molar-refractivity contribution in [1.29, 1.82) is 0 Å². The van der Waals surface area contributed by atoms with Crippen LogP contribution in [0.1, 0.15) is 23.5 Å². The van der Waals surface area contributed by atoms with Gasteiger partial charge in [0.15, 0.2) is 0 Å². The Kier molecular flexibility index (Phi) is 5.43. The number of carbonyl (C=O) groups excluding carboxylic acids is 1. The molecule has 2 heterocycles. The van der Waals surface area contributed by atoms with Gasteiger partial charge in [0.2, 0.25) is 5.91 Å². The number of aromatic nitrogens is 1. The van der Waals surface area contributed by atoms with E-state index in [0.29, 0.717) is 23.5 Å². The summed E-state index contributed by atoms with van der Waals surface area (Å²) in [4.78, 5) is 21.2. The highest BCUT2D eigenvalue weighted by Gasteiger charge is 2.34. The highest BCUT2D eigenvalue weighted by atomic mass is 35.5. The van der Waals surface area contributed by atoms with Gasteiger partial charge in [-0.1, -0.05) is 11.6 Å². The molecule has 5 nitrogen and oxygen atoms in total. The van der Waals surface area contributed by atoms with E-state index in [4.69, 9.17) is 16.3 Å². The third-order valence-corrected chi connectivity index (χ3v) is 5.89. The first-order valence-corrected chi connectivity index (χ1v) is 10.3. The van der Waals surface area contributed by atoms with Gasteiger partial charge >= 0.3 is 0 Å². The number of nitrogens with zero attached hydrogens (tertiary/aromatic N) is 3. The second-order valence-corrected chi connectivity index (χ2v) is 8.23. The number of halogens is 1. The number of hydrogen-bond acceptors (Lipinski definition) is 5. The van der Waals surface area contributed by atoms with Crippen molar-refractivity contribution in [3.63, 3.8) is 0 Å². The van der Waals surface area contributed by atoms with E-state index in [1.165, 1.54) is 0 Å². The number of ether oxygens (including phenoxy) is 1. The normalized spacial score (nSPS) is 18.1. The molecule has 1 amide bonds. The van der Waals surface area contributed by atoms with E-state index >= 15 is 0 Å². The molecule has 7 heteroatoms. The van der Waals surface area contributed by atoms with E-state index in [1.54, 1.807) is 11.3 Å². The first-order valence-electron chi connectivity index (χ1n) is 9.00. The smallest absolute Gasteiger partial charge is 0.225 e. The summed E-state index contributed by atoms with van der Waals surface area (Å²) in [6.45, 7) is 4.83. The van der Waals surface area contributed by atoms with Crippen molar-refractivity contribution in [1.82, 2.24) is 14.8 Å². The maximum atomic E-state index is 12.1. The topological polar surface area (TPSA) is 45.7 Å². The predicted octanol–water partition coefficient (Wildman–Crippen LogP) is 3.43. The van der Waals surface area contributed by atoms with Crippen LogP contribution in [0.4, 0.5) is 0 Å². The third kappa shape index (κ3) is 4.55. The molecule has 0 atom stereocenters. The molecule has 1 saturated carbocycles. The van der Waals surface area contributed by atoms with Crippen molar-refractivity contribution >= 4 is 28.8 Å². The van der Waals surface area contributed by atoms with Gasteiger partial charge in [-0.25, -0.2) is 4.98 Å². The monoisotopic (exact) mass is 391 g/mol. The summed E-state index contributed by atoms with van der Waals surface area (Å²) in [7, 11) is 0. The highest BCUT2D eigenvalue weighted by Crippen LogP contribution is 2.31. The van der Waals surface area contributed by atoms with Crippen molar-refractivity contribution in [2.75, 3.05) is 26.2 Å². The molecule has 1 saturated heterocycles. The van der Waals surface area contributed by atoms with E-state index in [-0.39, 0.29) is 0 Å². The van der Waals surface area contributed by atoms with Gasteiger partial charge in [0.1, 0.15) is 17.4 Å².